The number of halogens is 3. The van der Waals surface area contributed by atoms with E-state index in [1.165, 1.54) is 0 Å². The standard InChI is InChI=1S/C17H17N3O3.C10H11F3N2O4S/c1-18-10-12-9-13(6-7-19-12)23-15-5-3-4-11-8-14(17(21)22)20(2)16(11)15;1-19-8-6(9(14)16)3-5(10(11,12)13)4-7(8)15-20(2,17)18/h3-9,18H,10H2,1-2H3,(H,21,22);3-4,15H,1-2H3,(H2,14,16). The molecule has 0 spiro atoms. The summed E-state index contributed by atoms with van der Waals surface area (Å²) in [6.45, 7) is 0.648. The van der Waals surface area contributed by atoms with Crippen LogP contribution in [0.5, 0.6) is 17.2 Å². The molecule has 0 radical (unpaired) electrons. The first-order valence-corrected chi connectivity index (χ1v) is 14.1. The van der Waals surface area contributed by atoms with Gasteiger partial charge in [-0.05, 0) is 37.4 Å². The number of methoxy groups -OCH3 is 1. The SMILES string of the molecule is CNCc1cc(Oc2cccc3cc(C(=O)O)n(C)c23)ccn1.COc1c(NS(C)(=O)=O)cc(C(F)(F)F)cc1C(N)=O. The van der Waals surface area contributed by atoms with Crippen LogP contribution in [-0.2, 0) is 29.8 Å². The minimum atomic E-state index is -4.77. The third kappa shape index (κ3) is 8.14. The number of carboxylic acids is 1. The molecule has 0 bridgehead atoms. The molecule has 12 nitrogen and oxygen atoms in total. The van der Waals surface area contributed by atoms with Crippen molar-refractivity contribution in [1.82, 2.24) is 14.9 Å². The molecule has 2 aromatic heterocycles. The maximum absolute atomic E-state index is 12.7. The van der Waals surface area contributed by atoms with Gasteiger partial charge in [-0.2, -0.15) is 13.2 Å². The Morgan fingerprint density at radius 3 is 2.40 bits per heavy atom. The number of nitrogens with zero attached hydrogens (tertiary/aromatic N) is 2. The molecule has 1 amide bonds. The number of aryl methyl sites for hydroxylation is 1. The quantitative estimate of drug-likeness (QED) is 0.215. The Bertz CT molecular complexity index is 1770. The first kappa shape index (κ1) is 32.7. The number of nitrogens with one attached hydrogen (secondary N) is 2. The second-order valence-electron chi connectivity index (χ2n) is 9.04. The van der Waals surface area contributed by atoms with Crippen LogP contribution in [0.2, 0.25) is 0 Å². The minimum Gasteiger partial charge on any atom is -0.494 e. The molecule has 5 N–H and O–H groups in total. The van der Waals surface area contributed by atoms with Gasteiger partial charge in [0.25, 0.3) is 5.91 Å². The predicted molar refractivity (Wildman–Crippen MR) is 152 cm³/mol. The van der Waals surface area contributed by atoms with E-state index < -0.39 is 44.9 Å². The number of fused-ring (bicyclic) bond motifs is 1. The van der Waals surface area contributed by atoms with E-state index in [4.69, 9.17) is 15.2 Å². The Kier molecular flexibility index (Phi) is 9.88. The number of hydrogen-bond donors (Lipinski definition) is 4. The number of ether oxygens (including phenoxy) is 2. The number of carbonyl (C=O) groups excluding carboxylic acids is 1. The van der Waals surface area contributed by atoms with Crippen LogP contribution < -0.4 is 25.2 Å². The van der Waals surface area contributed by atoms with E-state index in [0.29, 0.717) is 30.2 Å². The fourth-order valence-corrected chi connectivity index (χ4v) is 4.61. The zero-order valence-electron chi connectivity index (χ0n) is 23.3. The lowest BCUT2D eigenvalue weighted by atomic mass is 10.1. The second-order valence-corrected chi connectivity index (χ2v) is 10.8. The molecule has 0 unspecified atom stereocenters. The van der Waals surface area contributed by atoms with Crippen molar-refractivity contribution in [2.75, 3.05) is 25.1 Å². The summed E-state index contributed by atoms with van der Waals surface area (Å²) in [6.07, 6.45) is -2.34. The lowest BCUT2D eigenvalue weighted by Gasteiger charge is -2.16. The number of benzene rings is 2. The summed E-state index contributed by atoms with van der Waals surface area (Å²) in [5.74, 6) is -1.25. The van der Waals surface area contributed by atoms with Gasteiger partial charge in [-0.1, -0.05) is 12.1 Å². The summed E-state index contributed by atoms with van der Waals surface area (Å²) < 4.78 is 74.6. The highest BCUT2D eigenvalue weighted by molar-refractivity contribution is 7.92. The van der Waals surface area contributed by atoms with Crippen LogP contribution >= 0.6 is 0 Å². The molecule has 0 atom stereocenters. The van der Waals surface area contributed by atoms with Crippen LogP contribution in [-0.4, -0.2) is 55.4 Å². The van der Waals surface area contributed by atoms with Gasteiger partial charge in [0.05, 0.1) is 41.4 Å². The minimum absolute atomic E-state index is 0.224. The van der Waals surface area contributed by atoms with E-state index in [-0.39, 0.29) is 11.4 Å². The monoisotopic (exact) mass is 623 g/mol. The Hall–Kier alpha value is -4.83. The molecule has 2 heterocycles. The molecule has 43 heavy (non-hydrogen) atoms. The van der Waals surface area contributed by atoms with Gasteiger partial charge in [0.15, 0.2) is 11.5 Å². The van der Waals surface area contributed by atoms with Crippen molar-refractivity contribution in [1.29, 1.82) is 0 Å². The molecule has 0 saturated heterocycles. The normalized spacial score (nSPS) is 11.4. The topological polar surface area (TPSA) is 175 Å². The lowest BCUT2D eigenvalue weighted by Crippen LogP contribution is -2.18. The first-order valence-electron chi connectivity index (χ1n) is 12.2. The number of aromatic carboxylic acids is 1. The lowest BCUT2D eigenvalue weighted by molar-refractivity contribution is -0.137. The number of alkyl halides is 3. The highest BCUT2D eigenvalue weighted by Crippen LogP contribution is 2.38. The summed E-state index contributed by atoms with van der Waals surface area (Å²) in [4.78, 5) is 26.7. The van der Waals surface area contributed by atoms with Gasteiger partial charge in [0.2, 0.25) is 10.0 Å². The molecule has 0 saturated carbocycles. The fourth-order valence-electron chi connectivity index (χ4n) is 4.06. The molecule has 230 valence electrons. The Morgan fingerprint density at radius 1 is 1.14 bits per heavy atom. The van der Waals surface area contributed by atoms with Gasteiger partial charge in [-0.25, -0.2) is 13.2 Å². The number of carbonyl (C=O) groups is 2. The smallest absolute Gasteiger partial charge is 0.416 e. The number of anilines is 1. The van der Waals surface area contributed by atoms with Crippen molar-refractivity contribution in [3.8, 4) is 17.2 Å². The van der Waals surface area contributed by atoms with E-state index in [1.807, 2.05) is 36.0 Å². The van der Waals surface area contributed by atoms with Crippen LogP contribution in [0.25, 0.3) is 10.9 Å². The molecule has 2 aromatic carbocycles. The van der Waals surface area contributed by atoms with Crippen LogP contribution in [0.1, 0.15) is 32.1 Å². The van der Waals surface area contributed by atoms with Crippen molar-refractivity contribution < 1.29 is 45.8 Å². The van der Waals surface area contributed by atoms with Gasteiger partial charge >= 0.3 is 12.1 Å². The second kappa shape index (κ2) is 13.0. The summed E-state index contributed by atoms with van der Waals surface area (Å²) in [6, 6.07) is 11.8. The number of para-hydroxylation sites is 1. The number of amides is 1. The van der Waals surface area contributed by atoms with Gasteiger partial charge < -0.3 is 30.2 Å². The molecule has 0 aliphatic rings. The number of pyridine rings is 1. The number of carboxylic acid groups (broad SMARTS) is 1. The average molecular weight is 624 g/mol. The van der Waals surface area contributed by atoms with Gasteiger partial charge in [0.1, 0.15) is 11.4 Å². The Balaban J connectivity index is 0.000000238. The summed E-state index contributed by atoms with van der Waals surface area (Å²) >= 11 is 0. The zero-order chi connectivity index (χ0) is 32.1. The summed E-state index contributed by atoms with van der Waals surface area (Å²) in [7, 11) is 0.782. The largest absolute Gasteiger partial charge is 0.494 e. The maximum atomic E-state index is 12.7. The van der Waals surface area contributed by atoms with Gasteiger partial charge in [-0.3, -0.25) is 14.5 Å². The van der Waals surface area contributed by atoms with Crippen LogP contribution in [0.3, 0.4) is 0 Å². The summed E-state index contributed by atoms with van der Waals surface area (Å²) in [5, 5.41) is 13.1. The van der Waals surface area contributed by atoms with Crippen LogP contribution in [0.15, 0.2) is 54.7 Å². The highest BCUT2D eigenvalue weighted by Gasteiger charge is 2.33. The average Bonchev–Trinajstić information content (AvgIpc) is 3.25. The molecule has 0 fully saturated rings. The van der Waals surface area contributed by atoms with Gasteiger partial charge in [0, 0.05) is 31.2 Å². The molecular formula is C27H28F3N5O7S. The number of sulfonamides is 1. The molecule has 4 aromatic rings. The Morgan fingerprint density at radius 2 is 1.84 bits per heavy atom. The Labute approximate surface area is 244 Å². The molecule has 0 aliphatic heterocycles. The highest BCUT2D eigenvalue weighted by atomic mass is 32.2. The number of primary amides is 1. The number of hydrogen-bond acceptors (Lipinski definition) is 8. The van der Waals surface area contributed by atoms with Crippen molar-refractivity contribution >= 4 is 38.5 Å². The number of rotatable bonds is 9. The number of nitrogens with two attached hydrogens (primary N) is 1. The molecular weight excluding hydrogens is 595 g/mol. The third-order valence-electron chi connectivity index (χ3n) is 5.79. The van der Waals surface area contributed by atoms with Crippen LogP contribution in [0, 0.1) is 0 Å². The third-order valence-corrected chi connectivity index (χ3v) is 6.38. The van der Waals surface area contributed by atoms with E-state index in [1.54, 1.807) is 29.9 Å². The van der Waals surface area contributed by atoms with Crippen LogP contribution in [0.4, 0.5) is 18.9 Å². The summed E-state index contributed by atoms with van der Waals surface area (Å²) in [5.41, 5.74) is 4.50. The molecule has 16 heteroatoms. The first-order chi connectivity index (χ1) is 20.1. The van der Waals surface area contributed by atoms with Gasteiger partial charge in [-0.15, -0.1) is 0 Å². The predicted octanol–water partition coefficient (Wildman–Crippen LogP) is 3.97. The van der Waals surface area contributed by atoms with E-state index in [0.717, 1.165) is 30.0 Å². The number of aromatic nitrogens is 2. The van der Waals surface area contributed by atoms with E-state index in [9.17, 15) is 36.3 Å². The van der Waals surface area contributed by atoms with Crippen molar-refractivity contribution in [3.63, 3.8) is 0 Å². The fraction of sp³-hybridized carbons (Fsp3) is 0.222. The zero-order valence-corrected chi connectivity index (χ0v) is 24.1. The van der Waals surface area contributed by atoms with Crippen molar-refractivity contribution in [2.45, 2.75) is 12.7 Å². The maximum Gasteiger partial charge on any atom is 0.416 e. The van der Waals surface area contributed by atoms with Crippen molar-refractivity contribution in [3.05, 3.63) is 77.2 Å². The van der Waals surface area contributed by atoms with Crippen molar-refractivity contribution in [2.24, 2.45) is 12.8 Å². The van der Waals surface area contributed by atoms with E-state index in [2.05, 4.69) is 10.3 Å². The molecule has 4 rings (SSSR count). The van der Waals surface area contributed by atoms with E-state index >= 15 is 0 Å². The molecule has 0 aliphatic carbocycles.